The smallest absolute Gasteiger partial charge is 0.335 e. The molecule has 0 spiro atoms. The molecule has 11 heteroatoms. The van der Waals surface area contributed by atoms with E-state index in [0.29, 0.717) is 32.1 Å². The normalized spacial score (nSPS) is 54.5. The van der Waals surface area contributed by atoms with Crippen molar-refractivity contribution in [3.63, 3.8) is 0 Å². The highest BCUT2D eigenvalue weighted by Gasteiger charge is 2.68. The van der Waals surface area contributed by atoms with Crippen molar-refractivity contribution in [1.82, 2.24) is 0 Å². The van der Waals surface area contributed by atoms with E-state index in [9.17, 15) is 45.3 Å². The van der Waals surface area contributed by atoms with Gasteiger partial charge in [0.15, 0.2) is 18.2 Å². The second kappa shape index (κ2) is 9.73. The minimum atomic E-state index is -1.77. The molecule has 0 aromatic rings. The molecular formula is C27H42O11. The number of Topliss-reactive ketones (excluding diaryl/α,β-unsaturated/α-hetero) is 1. The molecule has 5 aliphatic rings. The van der Waals surface area contributed by atoms with Gasteiger partial charge in [-0.15, -0.1) is 0 Å². The van der Waals surface area contributed by atoms with Crippen LogP contribution < -0.4 is 0 Å². The van der Waals surface area contributed by atoms with Gasteiger partial charge in [0.1, 0.15) is 30.5 Å². The van der Waals surface area contributed by atoms with E-state index in [1.54, 1.807) is 0 Å². The van der Waals surface area contributed by atoms with Crippen LogP contribution in [0.1, 0.15) is 65.2 Å². The molecule has 4 aliphatic carbocycles. The molecule has 0 unspecified atom stereocenters. The maximum atomic E-state index is 12.6. The lowest BCUT2D eigenvalue weighted by Crippen LogP contribution is -2.63. The summed E-state index contributed by atoms with van der Waals surface area (Å²) < 4.78 is 11.3. The summed E-state index contributed by atoms with van der Waals surface area (Å²) in [5.41, 5.74) is -2.64. The largest absolute Gasteiger partial charge is 0.479 e. The molecule has 0 bridgehead atoms. The summed E-state index contributed by atoms with van der Waals surface area (Å²) in [7, 11) is 0. The second-order valence-corrected chi connectivity index (χ2v) is 13.0. The summed E-state index contributed by atoms with van der Waals surface area (Å²) >= 11 is 0. The topological polar surface area (TPSA) is 194 Å². The van der Waals surface area contributed by atoms with E-state index in [0.717, 1.165) is 19.3 Å². The quantitative estimate of drug-likeness (QED) is 0.223. The first-order chi connectivity index (χ1) is 17.8. The van der Waals surface area contributed by atoms with E-state index in [4.69, 9.17) is 9.47 Å². The van der Waals surface area contributed by atoms with Gasteiger partial charge in [0.2, 0.25) is 0 Å². The molecule has 1 saturated heterocycles. The van der Waals surface area contributed by atoms with Gasteiger partial charge >= 0.3 is 5.97 Å². The lowest BCUT2D eigenvalue weighted by Gasteiger charge is -2.63. The summed E-state index contributed by atoms with van der Waals surface area (Å²) in [6.07, 6.45) is -4.37. The van der Waals surface area contributed by atoms with E-state index < -0.39 is 66.2 Å². The number of carbonyl (C=O) groups is 2. The number of aliphatic carboxylic acids is 1. The summed E-state index contributed by atoms with van der Waals surface area (Å²) in [5, 5.41) is 72.2. The molecule has 5 fully saturated rings. The van der Waals surface area contributed by atoms with E-state index in [-0.39, 0.29) is 35.2 Å². The van der Waals surface area contributed by atoms with E-state index in [2.05, 4.69) is 6.92 Å². The molecule has 0 aromatic heterocycles. The van der Waals surface area contributed by atoms with Crippen LogP contribution in [0.3, 0.4) is 0 Å². The third-order valence-corrected chi connectivity index (χ3v) is 11.4. The highest BCUT2D eigenvalue weighted by Crippen LogP contribution is 2.68. The van der Waals surface area contributed by atoms with Crippen molar-refractivity contribution in [2.75, 3.05) is 6.61 Å². The number of rotatable bonds is 5. The molecule has 7 N–H and O–H groups in total. The zero-order valence-electron chi connectivity index (χ0n) is 22.0. The van der Waals surface area contributed by atoms with E-state index in [1.807, 2.05) is 6.92 Å². The number of carbonyl (C=O) groups excluding carboxylic acids is 1. The third kappa shape index (κ3) is 4.00. The number of hydrogen-bond acceptors (Lipinski definition) is 10. The Morgan fingerprint density at radius 2 is 1.68 bits per heavy atom. The molecule has 5 rings (SSSR count). The molecule has 38 heavy (non-hydrogen) atoms. The second-order valence-electron chi connectivity index (χ2n) is 13.0. The van der Waals surface area contributed by atoms with Gasteiger partial charge < -0.3 is 45.2 Å². The van der Waals surface area contributed by atoms with Gasteiger partial charge in [0.25, 0.3) is 0 Å². The van der Waals surface area contributed by atoms with Crippen molar-refractivity contribution in [2.24, 2.45) is 34.5 Å². The maximum Gasteiger partial charge on any atom is 0.335 e. The number of ketones is 1. The van der Waals surface area contributed by atoms with Crippen molar-refractivity contribution < 1.29 is 54.8 Å². The van der Waals surface area contributed by atoms with Gasteiger partial charge in [-0.25, -0.2) is 4.79 Å². The lowest BCUT2D eigenvalue weighted by molar-refractivity contribution is -0.310. The third-order valence-electron chi connectivity index (χ3n) is 11.4. The molecule has 1 heterocycles. The van der Waals surface area contributed by atoms with Gasteiger partial charge in [-0.05, 0) is 80.5 Å². The van der Waals surface area contributed by atoms with Crippen LogP contribution >= 0.6 is 0 Å². The predicted octanol–water partition coefficient (Wildman–Crippen LogP) is -0.430. The maximum absolute atomic E-state index is 12.6. The Hall–Kier alpha value is -1.18. The Labute approximate surface area is 221 Å². The number of aliphatic hydroxyl groups is 6. The van der Waals surface area contributed by atoms with Crippen LogP contribution in [0.4, 0.5) is 0 Å². The minimum Gasteiger partial charge on any atom is -0.479 e. The SMILES string of the molecule is C[C@]12CC[C@@H](O[C@@H]3O[C@H](C(=O)O)[C@@H](O)[C@H](O)[C@H]3O)C[C@@H]1CC[C@@H]1[C@@H]2[C@@H](O)C[C@@]2(C)[C@H]1CC[C@]2(O)C(=O)CO. The van der Waals surface area contributed by atoms with Gasteiger partial charge in [-0.3, -0.25) is 4.79 Å². The zero-order chi connectivity index (χ0) is 27.8. The van der Waals surface area contributed by atoms with Crippen molar-refractivity contribution in [2.45, 2.75) is 114 Å². The van der Waals surface area contributed by atoms with Crippen LogP contribution in [0.15, 0.2) is 0 Å². The lowest BCUT2D eigenvalue weighted by atomic mass is 9.43. The van der Waals surface area contributed by atoms with Crippen molar-refractivity contribution in [3.05, 3.63) is 0 Å². The molecule has 216 valence electrons. The van der Waals surface area contributed by atoms with Crippen molar-refractivity contribution in [1.29, 1.82) is 0 Å². The molecule has 11 nitrogen and oxygen atoms in total. The first-order valence-electron chi connectivity index (χ1n) is 13.9. The van der Waals surface area contributed by atoms with Crippen LogP contribution in [-0.4, -0.2) is 103 Å². The monoisotopic (exact) mass is 542 g/mol. The number of carboxylic acid groups (broad SMARTS) is 1. The molecule has 14 atom stereocenters. The number of ether oxygens (including phenoxy) is 2. The molecule has 1 aliphatic heterocycles. The zero-order valence-corrected chi connectivity index (χ0v) is 22.0. The Bertz CT molecular complexity index is 944. The molecule has 0 amide bonds. The van der Waals surface area contributed by atoms with E-state index >= 15 is 0 Å². The predicted molar refractivity (Wildman–Crippen MR) is 129 cm³/mol. The fourth-order valence-corrected chi connectivity index (χ4v) is 9.42. The Kier molecular flexibility index (Phi) is 7.26. The van der Waals surface area contributed by atoms with Gasteiger partial charge in [0.05, 0.1) is 12.2 Å². The summed E-state index contributed by atoms with van der Waals surface area (Å²) in [6.45, 7) is 3.37. The first-order valence-corrected chi connectivity index (χ1v) is 13.9. The van der Waals surface area contributed by atoms with Crippen LogP contribution in [0.25, 0.3) is 0 Å². The summed E-state index contributed by atoms with van der Waals surface area (Å²) in [6, 6.07) is 0. The van der Waals surface area contributed by atoms with E-state index in [1.165, 1.54) is 0 Å². The summed E-state index contributed by atoms with van der Waals surface area (Å²) in [4.78, 5) is 24.0. The Morgan fingerprint density at radius 3 is 2.34 bits per heavy atom. The average molecular weight is 543 g/mol. The van der Waals surface area contributed by atoms with Crippen molar-refractivity contribution in [3.8, 4) is 0 Å². The van der Waals surface area contributed by atoms with Crippen LogP contribution in [0, 0.1) is 34.5 Å². The highest BCUT2D eigenvalue weighted by atomic mass is 16.7. The molecule has 0 aromatic carbocycles. The molecule has 0 radical (unpaired) electrons. The Morgan fingerprint density at radius 1 is 0.974 bits per heavy atom. The average Bonchev–Trinajstić information content (AvgIpc) is 3.14. The van der Waals surface area contributed by atoms with Crippen LogP contribution in [-0.2, 0) is 19.1 Å². The Balaban J connectivity index is 1.31. The highest BCUT2D eigenvalue weighted by molar-refractivity contribution is 5.89. The number of carboxylic acids is 1. The first kappa shape index (κ1) is 28.4. The fraction of sp³-hybridized carbons (Fsp3) is 0.926. The number of hydrogen-bond donors (Lipinski definition) is 7. The number of aliphatic hydroxyl groups excluding tert-OH is 5. The molecular weight excluding hydrogens is 500 g/mol. The fourth-order valence-electron chi connectivity index (χ4n) is 9.42. The standard InChI is InChI=1S/C27H42O11/c1-25-7-5-13(37-24-21(33)19(31)20(32)22(38-24)23(34)35)9-12(25)3-4-14-15-6-8-27(36,17(30)11-28)26(15,2)10-16(29)18(14)25/h12-16,18-22,24,28-29,31-33,36H,3-11H2,1-2H3,(H,34,35)/t12-,13+,14-,15-,16-,18+,19-,20-,21+,22-,24+,25-,26-,27-/m0/s1. The summed E-state index contributed by atoms with van der Waals surface area (Å²) in [5.74, 6) is -1.65. The van der Waals surface area contributed by atoms with Crippen molar-refractivity contribution >= 4 is 11.8 Å². The number of fused-ring (bicyclic) bond motifs is 5. The van der Waals surface area contributed by atoms with Crippen LogP contribution in [0.2, 0.25) is 0 Å². The van der Waals surface area contributed by atoms with Gasteiger partial charge in [-0.1, -0.05) is 13.8 Å². The molecule has 4 saturated carbocycles. The van der Waals surface area contributed by atoms with Crippen LogP contribution in [0.5, 0.6) is 0 Å². The minimum absolute atomic E-state index is 0.0169. The van der Waals surface area contributed by atoms with Gasteiger partial charge in [-0.2, -0.15) is 0 Å². The van der Waals surface area contributed by atoms with Gasteiger partial charge in [0, 0.05) is 5.41 Å².